The summed E-state index contributed by atoms with van der Waals surface area (Å²) in [6, 6.07) is 3.77. The third-order valence-electron chi connectivity index (χ3n) is 5.82. The first-order chi connectivity index (χ1) is 15.5. The number of aromatic nitrogens is 2. The SMILES string of the molecule is Cc1cc(CN2CCN(C(=O)OC(C)C)[C@@H](C)C2)c(C)c(Nc2nnc(C(N)C(C)O)o2)c1. The fourth-order valence-corrected chi connectivity index (χ4v) is 3.93. The molecule has 33 heavy (non-hydrogen) atoms. The Morgan fingerprint density at radius 3 is 2.67 bits per heavy atom. The molecule has 1 aliphatic rings. The van der Waals surface area contributed by atoms with Crippen molar-refractivity contribution >= 4 is 17.8 Å². The Kier molecular flexibility index (Phi) is 7.93. The van der Waals surface area contributed by atoms with Crippen molar-refractivity contribution in [1.82, 2.24) is 20.0 Å². The van der Waals surface area contributed by atoms with Gasteiger partial charge in [-0.15, -0.1) is 5.10 Å². The number of piperazine rings is 1. The average Bonchev–Trinajstić information content (AvgIpc) is 3.18. The van der Waals surface area contributed by atoms with Gasteiger partial charge in [-0.2, -0.15) is 0 Å². The Balaban J connectivity index is 1.69. The lowest BCUT2D eigenvalue weighted by Gasteiger charge is -2.39. The monoisotopic (exact) mass is 460 g/mol. The fraction of sp³-hybridized carbons (Fsp3) is 0.609. The molecule has 0 saturated carbocycles. The number of hydrogen-bond acceptors (Lipinski definition) is 9. The van der Waals surface area contributed by atoms with Crippen molar-refractivity contribution in [1.29, 1.82) is 0 Å². The highest BCUT2D eigenvalue weighted by molar-refractivity contribution is 5.68. The van der Waals surface area contributed by atoms with Gasteiger partial charge in [-0.3, -0.25) is 4.90 Å². The number of carbonyl (C=O) groups is 1. The number of carbonyl (C=O) groups excluding carboxylic acids is 1. The number of aliphatic hydroxyl groups excluding tert-OH is 1. The van der Waals surface area contributed by atoms with Crippen LogP contribution in [0.5, 0.6) is 0 Å². The summed E-state index contributed by atoms with van der Waals surface area (Å²) in [7, 11) is 0. The normalized spacial score (nSPS) is 18.9. The Bertz CT molecular complexity index is 960. The second-order valence-corrected chi connectivity index (χ2v) is 9.14. The molecule has 1 aromatic heterocycles. The maximum absolute atomic E-state index is 12.3. The number of nitrogens with two attached hydrogens (primary N) is 1. The zero-order chi connectivity index (χ0) is 24.3. The molecule has 10 heteroatoms. The predicted octanol–water partition coefficient (Wildman–Crippen LogP) is 2.86. The molecule has 10 nitrogen and oxygen atoms in total. The largest absolute Gasteiger partial charge is 0.447 e. The maximum atomic E-state index is 12.3. The minimum Gasteiger partial charge on any atom is -0.447 e. The summed E-state index contributed by atoms with van der Waals surface area (Å²) in [4.78, 5) is 16.5. The van der Waals surface area contributed by atoms with E-state index >= 15 is 0 Å². The van der Waals surface area contributed by atoms with Crippen LogP contribution < -0.4 is 11.1 Å². The molecule has 182 valence electrons. The van der Waals surface area contributed by atoms with Crippen LogP contribution in [0.15, 0.2) is 16.5 Å². The number of nitrogens with one attached hydrogen (secondary N) is 1. The second-order valence-electron chi connectivity index (χ2n) is 9.14. The quantitative estimate of drug-likeness (QED) is 0.571. The number of ether oxygens (including phenoxy) is 1. The molecular weight excluding hydrogens is 424 g/mol. The lowest BCUT2D eigenvalue weighted by atomic mass is 10.0. The van der Waals surface area contributed by atoms with E-state index in [2.05, 4.69) is 40.3 Å². The van der Waals surface area contributed by atoms with Crippen molar-refractivity contribution in [2.45, 2.75) is 72.4 Å². The fourth-order valence-electron chi connectivity index (χ4n) is 3.93. The first-order valence-corrected chi connectivity index (χ1v) is 11.4. The molecule has 1 fully saturated rings. The molecule has 1 aliphatic heterocycles. The van der Waals surface area contributed by atoms with Gasteiger partial charge >= 0.3 is 12.1 Å². The van der Waals surface area contributed by atoms with Crippen LogP contribution in [0.2, 0.25) is 0 Å². The number of amides is 1. The average molecular weight is 461 g/mol. The third kappa shape index (κ3) is 6.21. The van der Waals surface area contributed by atoms with Crippen molar-refractivity contribution < 1.29 is 19.1 Å². The zero-order valence-corrected chi connectivity index (χ0v) is 20.3. The summed E-state index contributed by atoms with van der Waals surface area (Å²) >= 11 is 0. The standard InChI is InChI=1S/C23H36N6O4/c1-13(2)32-23(31)29-8-7-28(11-15(29)4)12-18-9-14(3)10-19(16(18)5)25-22-27-26-21(33-22)20(24)17(6)30/h9-10,13,15,17,20,30H,7-8,11-12,24H2,1-6H3,(H,25,27)/t15-,17?,20?/m0/s1. The Hall–Kier alpha value is -2.69. The van der Waals surface area contributed by atoms with Crippen LogP contribution in [-0.2, 0) is 11.3 Å². The van der Waals surface area contributed by atoms with Crippen molar-refractivity contribution in [2.24, 2.45) is 5.73 Å². The van der Waals surface area contributed by atoms with E-state index in [1.165, 1.54) is 5.56 Å². The zero-order valence-electron chi connectivity index (χ0n) is 20.3. The third-order valence-corrected chi connectivity index (χ3v) is 5.82. The summed E-state index contributed by atoms with van der Waals surface area (Å²) in [6.07, 6.45) is -1.16. The smallest absolute Gasteiger partial charge is 0.410 e. The molecule has 2 heterocycles. The van der Waals surface area contributed by atoms with Crippen LogP contribution >= 0.6 is 0 Å². The number of rotatable bonds is 7. The van der Waals surface area contributed by atoms with Crippen LogP contribution in [0.25, 0.3) is 0 Å². The molecule has 0 aliphatic carbocycles. The van der Waals surface area contributed by atoms with Crippen molar-refractivity contribution in [3.63, 3.8) is 0 Å². The molecule has 4 N–H and O–H groups in total. The van der Waals surface area contributed by atoms with Gasteiger partial charge in [0.1, 0.15) is 6.04 Å². The van der Waals surface area contributed by atoms with E-state index < -0.39 is 12.1 Å². The Labute approximate surface area is 195 Å². The van der Waals surface area contributed by atoms with Gasteiger partial charge < -0.3 is 30.2 Å². The van der Waals surface area contributed by atoms with Crippen molar-refractivity contribution in [3.05, 3.63) is 34.7 Å². The molecule has 1 aromatic carbocycles. The topological polar surface area (TPSA) is 130 Å². The minimum atomic E-state index is -0.791. The van der Waals surface area contributed by atoms with Gasteiger partial charge in [0.15, 0.2) is 0 Å². The summed E-state index contributed by atoms with van der Waals surface area (Å²) in [5.41, 5.74) is 10.1. The van der Waals surface area contributed by atoms with Gasteiger partial charge in [0, 0.05) is 37.9 Å². The molecule has 2 unspecified atom stereocenters. The van der Waals surface area contributed by atoms with E-state index in [1.54, 1.807) is 11.8 Å². The lowest BCUT2D eigenvalue weighted by molar-refractivity contribution is 0.0349. The summed E-state index contributed by atoms with van der Waals surface area (Å²) in [5, 5.41) is 20.8. The van der Waals surface area contributed by atoms with Crippen LogP contribution in [0.4, 0.5) is 16.5 Å². The predicted molar refractivity (Wildman–Crippen MR) is 125 cm³/mol. The summed E-state index contributed by atoms with van der Waals surface area (Å²) < 4.78 is 11.0. The van der Waals surface area contributed by atoms with E-state index in [9.17, 15) is 9.90 Å². The van der Waals surface area contributed by atoms with Gasteiger partial charge in [-0.1, -0.05) is 11.2 Å². The number of aliphatic hydroxyl groups is 1. The highest BCUT2D eigenvalue weighted by atomic mass is 16.6. The molecule has 0 bridgehead atoms. The van der Waals surface area contributed by atoms with Gasteiger partial charge in [0.25, 0.3) is 0 Å². The van der Waals surface area contributed by atoms with E-state index in [4.69, 9.17) is 14.9 Å². The number of anilines is 2. The van der Waals surface area contributed by atoms with Crippen LogP contribution in [0.3, 0.4) is 0 Å². The first-order valence-electron chi connectivity index (χ1n) is 11.4. The van der Waals surface area contributed by atoms with Crippen molar-refractivity contribution in [3.8, 4) is 0 Å². The summed E-state index contributed by atoms with van der Waals surface area (Å²) in [6.45, 7) is 14.4. The molecule has 1 saturated heterocycles. The van der Waals surface area contributed by atoms with Gasteiger partial charge in [0.2, 0.25) is 5.89 Å². The number of aryl methyl sites for hydroxylation is 1. The van der Waals surface area contributed by atoms with E-state index in [1.807, 2.05) is 26.8 Å². The molecule has 3 rings (SSSR count). The molecule has 1 amide bonds. The number of benzene rings is 1. The van der Waals surface area contributed by atoms with E-state index in [-0.39, 0.29) is 30.1 Å². The van der Waals surface area contributed by atoms with E-state index in [0.717, 1.165) is 36.4 Å². The lowest BCUT2D eigenvalue weighted by Crippen LogP contribution is -2.54. The number of hydrogen-bond donors (Lipinski definition) is 3. The first kappa shape index (κ1) is 24.9. The molecule has 0 radical (unpaired) electrons. The highest BCUT2D eigenvalue weighted by Gasteiger charge is 2.29. The van der Waals surface area contributed by atoms with Gasteiger partial charge in [0.05, 0.1) is 12.2 Å². The Morgan fingerprint density at radius 1 is 1.30 bits per heavy atom. The van der Waals surface area contributed by atoms with Gasteiger partial charge in [-0.05, 0) is 64.3 Å². The Morgan fingerprint density at radius 2 is 2.03 bits per heavy atom. The minimum absolute atomic E-state index is 0.0719. The molecule has 2 aromatic rings. The van der Waals surface area contributed by atoms with Gasteiger partial charge in [-0.25, -0.2) is 4.79 Å². The number of nitrogens with zero attached hydrogens (tertiary/aromatic N) is 4. The maximum Gasteiger partial charge on any atom is 0.410 e. The molecular formula is C23H36N6O4. The molecule has 0 spiro atoms. The van der Waals surface area contributed by atoms with Crippen molar-refractivity contribution in [2.75, 3.05) is 25.0 Å². The van der Waals surface area contributed by atoms with Crippen LogP contribution in [0.1, 0.15) is 56.3 Å². The van der Waals surface area contributed by atoms with Crippen LogP contribution in [0, 0.1) is 13.8 Å². The van der Waals surface area contributed by atoms with E-state index in [0.29, 0.717) is 6.54 Å². The highest BCUT2D eigenvalue weighted by Crippen LogP contribution is 2.27. The summed E-state index contributed by atoms with van der Waals surface area (Å²) in [5.74, 6) is 0.181. The second kappa shape index (κ2) is 10.5. The van der Waals surface area contributed by atoms with Crippen LogP contribution in [-0.4, -0.2) is 69.1 Å². The molecule has 3 atom stereocenters.